The molecule has 3 fully saturated rings. The summed E-state index contributed by atoms with van der Waals surface area (Å²) in [4.78, 5) is 7.66. The first-order valence-corrected chi connectivity index (χ1v) is 12.1. The third-order valence-electron chi connectivity index (χ3n) is 7.66. The molecular weight excluding hydrogens is 499 g/mol. The summed E-state index contributed by atoms with van der Waals surface area (Å²) in [6, 6.07) is 12.7. The second-order valence-electron chi connectivity index (χ2n) is 9.97. The molecule has 4 rings (SSSR count). The van der Waals surface area contributed by atoms with E-state index in [0.29, 0.717) is 24.7 Å². The molecule has 2 saturated heterocycles. The maximum Gasteiger partial charge on any atom is 0.191 e. The molecule has 5 nitrogen and oxygen atoms in total. The summed E-state index contributed by atoms with van der Waals surface area (Å²) >= 11 is 0. The van der Waals surface area contributed by atoms with Crippen LogP contribution in [0.5, 0.6) is 0 Å². The Morgan fingerprint density at radius 2 is 1.84 bits per heavy atom. The van der Waals surface area contributed by atoms with Gasteiger partial charge in [0.25, 0.3) is 0 Å². The molecule has 3 N–H and O–H groups in total. The number of aliphatic hydroxyl groups is 1. The highest BCUT2D eigenvalue weighted by atomic mass is 127. The van der Waals surface area contributed by atoms with Crippen LogP contribution in [0.3, 0.4) is 0 Å². The maximum absolute atomic E-state index is 10.5. The summed E-state index contributed by atoms with van der Waals surface area (Å²) in [7, 11) is 0. The van der Waals surface area contributed by atoms with E-state index in [1.54, 1.807) is 0 Å². The third-order valence-corrected chi connectivity index (χ3v) is 7.66. The summed E-state index contributed by atoms with van der Waals surface area (Å²) in [6.07, 6.45) is 9.11. The molecule has 2 heterocycles. The Hall–Kier alpha value is -0.860. The molecule has 2 bridgehead atoms. The highest BCUT2D eigenvalue weighted by Gasteiger charge is 2.41. The minimum atomic E-state index is -0.227. The first kappa shape index (κ1) is 24.8. The first-order chi connectivity index (χ1) is 14.6. The van der Waals surface area contributed by atoms with Crippen LogP contribution >= 0.6 is 24.0 Å². The maximum atomic E-state index is 10.5. The van der Waals surface area contributed by atoms with Crippen LogP contribution < -0.4 is 10.6 Å². The molecule has 1 aromatic carbocycles. The predicted molar refractivity (Wildman–Crippen MR) is 139 cm³/mol. The molecule has 1 saturated carbocycles. The lowest BCUT2D eigenvalue weighted by atomic mass is 9.73. The van der Waals surface area contributed by atoms with Gasteiger partial charge in [-0.2, -0.15) is 0 Å². The van der Waals surface area contributed by atoms with Crippen molar-refractivity contribution < 1.29 is 5.11 Å². The fourth-order valence-electron chi connectivity index (χ4n) is 5.78. The van der Waals surface area contributed by atoms with Gasteiger partial charge in [-0.3, -0.25) is 9.89 Å². The number of hydrogen-bond acceptors (Lipinski definition) is 3. The quantitative estimate of drug-likeness (QED) is 0.286. The van der Waals surface area contributed by atoms with Gasteiger partial charge in [0.15, 0.2) is 5.96 Å². The summed E-state index contributed by atoms with van der Waals surface area (Å²) < 4.78 is 0. The molecule has 0 radical (unpaired) electrons. The Balaban J connectivity index is 0.00000272. The van der Waals surface area contributed by atoms with E-state index in [1.807, 2.05) is 0 Å². The van der Waals surface area contributed by atoms with Crippen molar-refractivity contribution in [2.24, 2.45) is 10.4 Å². The number of aliphatic hydroxyl groups excluding tert-OH is 1. The van der Waals surface area contributed by atoms with E-state index in [1.165, 1.54) is 37.7 Å². The van der Waals surface area contributed by atoms with Crippen molar-refractivity contribution in [2.75, 3.05) is 13.1 Å². The number of nitrogens with one attached hydrogen (secondary N) is 2. The third kappa shape index (κ3) is 6.14. The fourth-order valence-corrected chi connectivity index (χ4v) is 5.78. The number of benzene rings is 1. The zero-order valence-electron chi connectivity index (χ0n) is 19.2. The minimum Gasteiger partial charge on any atom is -0.392 e. The van der Waals surface area contributed by atoms with Crippen LogP contribution in [0, 0.1) is 5.41 Å². The Morgan fingerprint density at radius 3 is 2.48 bits per heavy atom. The molecule has 4 atom stereocenters. The second-order valence-corrected chi connectivity index (χ2v) is 9.97. The van der Waals surface area contributed by atoms with E-state index in [-0.39, 0.29) is 35.5 Å². The summed E-state index contributed by atoms with van der Waals surface area (Å²) in [5.41, 5.74) is 1.34. The average Bonchev–Trinajstić information content (AvgIpc) is 2.97. The van der Waals surface area contributed by atoms with Crippen molar-refractivity contribution in [3.05, 3.63) is 35.9 Å². The molecule has 174 valence electrons. The summed E-state index contributed by atoms with van der Waals surface area (Å²) in [5.74, 6) is 0.928. The molecule has 1 aliphatic carbocycles. The standard InChI is InChI=1S/C25H40N4O.HI/c1-3-26-24(27-18-25(2)14-8-7-11-23(25)30)28-20-15-21-12-13-22(16-20)29(21)17-19-9-5-4-6-10-19;/h4-6,9-10,20-23,30H,3,7-8,11-18H2,1-2H3,(H2,26,27,28);1H. The molecule has 4 unspecified atom stereocenters. The molecule has 31 heavy (non-hydrogen) atoms. The van der Waals surface area contributed by atoms with Crippen molar-refractivity contribution in [3.8, 4) is 0 Å². The Labute approximate surface area is 205 Å². The van der Waals surface area contributed by atoms with E-state index in [4.69, 9.17) is 4.99 Å². The van der Waals surface area contributed by atoms with Crippen LogP contribution in [-0.4, -0.2) is 53.3 Å². The van der Waals surface area contributed by atoms with Crippen molar-refractivity contribution in [3.63, 3.8) is 0 Å². The largest absolute Gasteiger partial charge is 0.392 e. The number of rotatable bonds is 6. The Bertz CT molecular complexity index is 701. The van der Waals surface area contributed by atoms with Crippen molar-refractivity contribution >= 4 is 29.9 Å². The highest BCUT2D eigenvalue weighted by Crippen LogP contribution is 2.38. The normalized spacial score (nSPS) is 33.6. The second kappa shape index (κ2) is 11.3. The number of piperidine rings is 1. The molecule has 1 aromatic rings. The van der Waals surface area contributed by atoms with Crippen LogP contribution in [0.4, 0.5) is 0 Å². The van der Waals surface area contributed by atoms with Gasteiger partial charge in [-0.15, -0.1) is 24.0 Å². The SMILES string of the molecule is CCNC(=NCC1(C)CCCCC1O)NC1CC2CCC(C1)N2Cc1ccccc1.I. The number of hydrogen-bond donors (Lipinski definition) is 3. The van der Waals surface area contributed by atoms with Crippen LogP contribution in [0.1, 0.15) is 70.8 Å². The minimum absolute atomic E-state index is 0. The van der Waals surface area contributed by atoms with Gasteiger partial charge in [0, 0.05) is 36.6 Å². The molecule has 0 amide bonds. The molecule has 6 heteroatoms. The van der Waals surface area contributed by atoms with Gasteiger partial charge in [-0.25, -0.2) is 0 Å². The Morgan fingerprint density at radius 1 is 1.13 bits per heavy atom. The zero-order chi connectivity index (χ0) is 21.0. The Kier molecular flexibility index (Phi) is 9.05. The van der Waals surface area contributed by atoms with E-state index < -0.39 is 0 Å². The van der Waals surface area contributed by atoms with E-state index in [9.17, 15) is 5.11 Å². The van der Waals surface area contributed by atoms with E-state index in [2.05, 4.69) is 59.7 Å². The van der Waals surface area contributed by atoms with Crippen LogP contribution in [0.15, 0.2) is 35.3 Å². The van der Waals surface area contributed by atoms with Crippen LogP contribution in [0.2, 0.25) is 0 Å². The van der Waals surface area contributed by atoms with E-state index >= 15 is 0 Å². The topological polar surface area (TPSA) is 59.9 Å². The zero-order valence-corrected chi connectivity index (χ0v) is 21.6. The number of aliphatic imine (C=N–C) groups is 1. The molecule has 0 spiro atoms. The number of halogens is 1. The van der Waals surface area contributed by atoms with Gasteiger partial charge in [-0.1, -0.05) is 50.1 Å². The predicted octanol–water partition coefficient (Wildman–Crippen LogP) is 4.30. The first-order valence-electron chi connectivity index (χ1n) is 12.1. The smallest absolute Gasteiger partial charge is 0.191 e. The lowest BCUT2D eigenvalue weighted by molar-refractivity contribution is 0.00714. The number of nitrogens with zero attached hydrogens (tertiary/aromatic N) is 2. The van der Waals surface area contributed by atoms with Gasteiger partial charge in [0.05, 0.1) is 12.6 Å². The lowest BCUT2D eigenvalue weighted by Gasteiger charge is -2.40. The number of fused-ring (bicyclic) bond motifs is 2. The van der Waals surface area contributed by atoms with Gasteiger partial charge in [0.2, 0.25) is 0 Å². The average molecular weight is 541 g/mol. The molecule has 0 aromatic heterocycles. The molecule has 3 aliphatic rings. The van der Waals surface area contributed by atoms with Crippen LogP contribution in [-0.2, 0) is 6.54 Å². The monoisotopic (exact) mass is 540 g/mol. The molecule has 2 aliphatic heterocycles. The fraction of sp³-hybridized carbons (Fsp3) is 0.720. The highest BCUT2D eigenvalue weighted by molar-refractivity contribution is 14.0. The van der Waals surface area contributed by atoms with Crippen molar-refractivity contribution in [1.82, 2.24) is 15.5 Å². The molecular formula is C25H41IN4O. The summed E-state index contributed by atoms with van der Waals surface area (Å²) in [6.45, 7) is 6.97. The van der Waals surface area contributed by atoms with Gasteiger partial charge < -0.3 is 15.7 Å². The van der Waals surface area contributed by atoms with Crippen molar-refractivity contribution in [2.45, 2.75) is 96.0 Å². The van der Waals surface area contributed by atoms with Crippen LogP contribution in [0.25, 0.3) is 0 Å². The van der Waals surface area contributed by atoms with Crippen molar-refractivity contribution in [1.29, 1.82) is 0 Å². The van der Waals surface area contributed by atoms with Gasteiger partial charge >= 0.3 is 0 Å². The van der Waals surface area contributed by atoms with Gasteiger partial charge in [0.1, 0.15) is 0 Å². The summed E-state index contributed by atoms with van der Waals surface area (Å²) in [5, 5.41) is 17.7. The number of guanidine groups is 1. The van der Waals surface area contributed by atoms with Gasteiger partial charge in [-0.05, 0) is 51.0 Å². The van der Waals surface area contributed by atoms with E-state index in [0.717, 1.165) is 38.3 Å². The lowest BCUT2D eigenvalue weighted by Crippen LogP contribution is -2.52.